The molecule has 1 fully saturated rings. The van der Waals surface area contributed by atoms with E-state index in [1.807, 2.05) is 6.92 Å². The molecule has 90 valence electrons. The fourth-order valence-electron chi connectivity index (χ4n) is 1.95. The molecule has 0 aliphatic carbocycles. The van der Waals surface area contributed by atoms with E-state index in [4.69, 9.17) is 0 Å². The predicted molar refractivity (Wildman–Crippen MR) is 60.8 cm³/mol. The lowest BCUT2D eigenvalue weighted by Crippen LogP contribution is -2.50. The fraction of sp³-hybridized carbons (Fsp3) is 1.00. The Morgan fingerprint density at radius 2 is 1.47 bits per heavy atom. The first-order valence-corrected chi connectivity index (χ1v) is 5.80. The van der Waals surface area contributed by atoms with Crippen LogP contribution in [0, 0.1) is 5.41 Å². The monoisotopic (exact) mass is 216 g/mol. The molecule has 0 unspecified atom stereocenters. The predicted octanol–water partition coefficient (Wildman–Crippen LogP) is -0.385. The molecule has 0 aromatic heterocycles. The van der Waals surface area contributed by atoms with Gasteiger partial charge in [-0.25, -0.2) is 0 Å². The Bertz CT molecular complexity index is 175. The molecule has 0 aromatic rings. The van der Waals surface area contributed by atoms with Gasteiger partial charge in [0.1, 0.15) is 0 Å². The van der Waals surface area contributed by atoms with Crippen LogP contribution in [0.25, 0.3) is 0 Å². The molecule has 0 amide bonds. The quantitative estimate of drug-likeness (QED) is 0.657. The third-order valence-corrected chi connectivity index (χ3v) is 3.28. The van der Waals surface area contributed by atoms with E-state index in [2.05, 4.69) is 16.7 Å². The van der Waals surface area contributed by atoms with Gasteiger partial charge in [0.05, 0.1) is 13.2 Å². The summed E-state index contributed by atoms with van der Waals surface area (Å²) < 4.78 is 0. The second kappa shape index (κ2) is 5.80. The molecular weight excluding hydrogens is 192 g/mol. The molecule has 0 atom stereocenters. The highest BCUT2D eigenvalue weighted by Crippen LogP contribution is 2.17. The first-order chi connectivity index (χ1) is 7.13. The summed E-state index contributed by atoms with van der Waals surface area (Å²) in [6.45, 7) is 10.4. The standard InChI is InChI=1S/C11H24N2O2/c1-3-12-4-6-13(7-5-12)8-11(2,9-14)10-15/h14-15H,3-10H2,1-2H3. The molecule has 1 rings (SSSR count). The number of aliphatic hydroxyl groups is 2. The van der Waals surface area contributed by atoms with Crippen LogP contribution < -0.4 is 0 Å². The summed E-state index contributed by atoms with van der Waals surface area (Å²) in [6.07, 6.45) is 0. The lowest BCUT2D eigenvalue weighted by atomic mass is 9.92. The van der Waals surface area contributed by atoms with Crippen molar-refractivity contribution in [2.75, 3.05) is 52.5 Å². The number of piperazine rings is 1. The summed E-state index contributed by atoms with van der Waals surface area (Å²) in [5, 5.41) is 18.4. The zero-order valence-electron chi connectivity index (χ0n) is 9.95. The van der Waals surface area contributed by atoms with Crippen molar-refractivity contribution in [1.29, 1.82) is 0 Å². The molecule has 2 N–H and O–H groups in total. The number of rotatable bonds is 5. The highest BCUT2D eigenvalue weighted by Gasteiger charge is 2.27. The van der Waals surface area contributed by atoms with Gasteiger partial charge < -0.3 is 20.0 Å². The number of aliphatic hydroxyl groups excluding tert-OH is 2. The lowest BCUT2D eigenvalue weighted by molar-refractivity contribution is 0.0196. The third kappa shape index (κ3) is 3.72. The van der Waals surface area contributed by atoms with Gasteiger partial charge in [-0.1, -0.05) is 13.8 Å². The molecule has 4 heteroatoms. The van der Waals surface area contributed by atoms with Gasteiger partial charge in [0, 0.05) is 38.1 Å². The van der Waals surface area contributed by atoms with Gasteiger partial charge in [-0.3, -0.25) is 0 Å². The molecular formula is C11H24N2O2. The van der Waals surface area contributed by atoms with Crippen molar-refractivity contribution in [3.05, 3.63) is 0 Å². The minimum Gasteiger partial charge on any atom is -0.396 e. The molecule has 1 aliphatic rings. The van der Waals surface area contributed by atoms with Gasteiger partial charge in [-0.2, -0.15) is 0 Å². The Hall–Kier alpha value is -0.160. The Morgan fingerprint density at radius 3 is 1.87 bits per heavy atom. The Kier molecular flexibility index (Phi) is 4.99. The van der Waals surface area contributed by atoms with E-state index in [0.717, 1.165) is 39.3 Å². The van der Waals surface area contributed by atoms with Crippen molar-refractivity contribution in [2.24, 2.45) is 5.41 Å². The van der Waals surface area contributed by atoms with E-state index in [1.54, 1.807) is 0 Å². The van der Waals surface area contributed by atoms with Crippen LogP contribution >= 0.6 is 0 Å². The van der Waals surface area contributed by atoms with Crippen molar-refractivity contribution in [2.45, 2.75) is 13.8 Å². The Balaban J connectivity index is 2.34. The minimum absolute atomic E-state index is 0.0531. The molecule has 0 bridgehead atoms. The van der Waals surface area contributed by atoms with E-state index < -0.39 is 0 Å². The molecule has 15 heavy (non-hydrogen) atoms. The van der Waals surface area contributed by atoms with Crippen molar-refractivity contribution in [3.8, 4) is 0 Å². The van der Waals surface area contributed by atoms with Crippen molar-refractivity contribution < 1.29 is 10.2 Å². The van der Waals surface area contributed by atoms with Crippen LogP contribution in [-0.2, 0) is 0 Å². The van der Waals surface area contributed by atoms with Crippen LogP contribution in [0.15, 0.2) is 0 Å². The van der Waals surface area contributed by atoms with Gasteiger partial charge in [0.15, 0.2) is 0 Å². The average Bonchev–Trinajstić information content (AvgIpc) is 2.30. The first-order valence-electron chi connectivity index (χ1n) is 5.80. The molecule has 0 radical (unpaired) electrons. The smallest absolute Gasteiger partial charge is 0.0519 e. The van der Waals surface area contributed by atoms with E-state index in [-0.39, 0.29) is 18.6 Å². The van der Waals surface area contributed by atoms with Crippen LogP contribution in [0.1, 0.15) is 13.8 Å². The lowest BCUT2D eigenvalue weighted by Gasteiger charge is -2.38. The number of hydrogen-bond acceptors (Lipinski definition) is 4. The Labute approximate surface area is 92.5 Å². The highest BCUT2D eigenvalue weighted by molar-refractivity contribution is 4.80. The van der Waals surface area contributed by atoms with Crippen molar-refractivity contribution in [1.82, 2.24) is 9.80 Å². The largest absolute Gasteiger partial charge is 0.396 e. The van der Waals surface area contributed by atoms with E-state index >= 15 is 0 Å². The third-order valence-electron chi connectivity index (χ3n) is 3.28. The van der Waals surface area contributed by atoms with Crippen LogP contribution in [0.3, 0.4) is 0 Å². The fourth-order valence-corrected chi connectivity index (χ4v) is 1.95. The van der Waals surface area contributed by atoms with E-state index in [1.165, 1.54) is 0 Å². The molecule has 1 saturated heterocycles. The molecule has 4 nitrogen and oxygen atoms in total. The Morgan fingerprint density at radius 1 is 1.00 bits per heavy atom. The zero-order chi connectivity index (χ0) is 11.3. The van der Waals surface area contributed by atoms with Crippen molar-refractivity contribution in [3.63, 3.8) is 0 Å². The van der Waals surface area contributed by atoms with Gasteiger partial charge >= 0.3 is 0 Å². The van der Waals surface area contributed by atoms with Crippen LogP contribution in [0.5, 0.6) is 0 Å². The van der Waals surface area contributed by atoms with Crippen molar-refractivity contribution >= 4 is 0 Å². The second-order valence-corrected chi connectivity index (χ2v) is 4.84. The van der Waals surface area contributed by atoms with Crippen LogP contribution in [0.4, 0.5) is 0 Å². The summed E-state index contributed by atoms with van der Waals surface area (Å²) in [6, 6.07) is 0. The first kappa shape index (κ1) is 12.9. The second-order valence-electron chi connectivity index (χ2n) is 4.84. The molecule has 0 spiro atoms. The van der Waals surface area contributed by atoms with Gasteiger partial charge in [-0.05, 0) is 6.54 Å². The maximum atomic E-state index is 9.22. The summed E-state index contributed by atoms with van der Waals surface area (Å²) in [4.78, 5) is 4.75. The van der Waals surface area contributed by atoms with Crippen LogP contribution in [-0.4, -0.2) is 72.5 Å². The SMILES string of the molecule is CCN1CCN(CC(C)(CO)CO)CC1. The molecule has 0 saturated carbocycles. The van der Waals surface area contributed by atoms with E-state index in [9.17, 15) is 10.2 Å². The summed E-state index contributed by atoms with van der Waals surface area (Å²) >= 11 is 0. The van der Waals surface area contributed by atoms with Gasteiger partial charge in [0.25, 0.3) is 0 Å². The van der Waals surface area contributed by atoms with Crippen LogP contribution in [0.2, 0.25) is 0 Å². The molecule has 0 aromatic carbocycles. The maximum absolute atomic E-state index is 9.22. The zero-order valence-corrected chi connectivity index (χ0v) is 9.95. The summed E-state index contributed by atoms with van der Waals surface area (Å²) in [7, 11) is 0. The highest BCUT2D eigenvalue weighted by atomic mass is 16.3. The minimum atomic E-state index is -0.353. The normalized spacial score (nSPS) is 20.8. The number of nitrogens with zero attached hydrogens (tertiary/aromatic N) is 2. The maximum Gasteiger partial charge on any atom is 0.0519 e. The molecule has 1 aliphatic heterocycles. The molecule has 1 heterocycles. The topological polar surface area (TPSA) is 46.9 Å². The summed E-state index contributed by atoms with van der Waals surface area (Å²) in [5.74, 6) is 0. The van der Waals surface area contributed by atoms with Gasteiger partial charge in [0.2, 0.25) is 0 Å². The number of hydrogen-bond donors (Lipinski definition) is 2. The number of likely N-dealkylation sites (N-methyl/N-ethyl adjacent to an activating group) is 1. The van der Waals surface area contributed by atoms with E-state index in [0.29, 0.717) is 0 Å². The average molecular weight is 216 g/mol. The summed E-state index contributed by atoms with van der Waals surface area (Å²) in [5.41, 5.74) is -0.353. The van der Waals surface area contributed by atoms with Gasteiger partial charge in [-0.15, -0.1) is 0 Å².